The van der Waals surface area contributed by atoms with E-state index in [9.17, 15) is 8.42 Å². The van der Waals surface area contributed by atoms with Crippen LogP contribution in [0.4, 0.5) is 0 Å². The van der Waals surface area contributed by atoms with Crippen molar-refractivity contribution >= 4 is 10.1 Å². The molecular formula is C12H14O3S. The molecule has 0 spiro atoms. The van der Waals surface area contributed by atoms with Gasteiger partial charge in [-0.2, -0.15) is 8.42 Å². The van der Waals surface area contributed by atoms with Crippen molar-refractivity contribution in [3.63, 3.8) is 0 Å². The summed E-state index contributed by atoms with van der Waals surface area (Å²) in [5.74, 6) is 0. The Kier molecular flexibility index (Phi) is 4.31. The molecule has 0 atom stereocenters. The normalized spacial score (nSPS) is 11.6. The molecule has 0 amide bonds. The summed E-state index contributed by atoms with van der Waals surface area (Å²) >= 11 is 0. The lowest BCUT2D eigenvalue weighted by Gasteiger charge is -2.02. The van der Waals surface area contributed by atoms with E-state index in [4.69, 9.17) is 4.18 Å². The number of rotatable bonds is 5. The van der Waals surface area contributed by atoms with Crippen molar-refractivity contribution in [3.05, 3.63) is 54.8 Å². The maximum absolute atomic E-state index is 11.6. The summed E-state index contributed by atoms with van der Waals surface area (Å²) < 4.78 is 27.9. The molecule has 0 fully saturated rings. The van der Waals surface area contributed by atoms with E-state index in [1.54, 1.807) is 24.3 Å². The third-order valence-electron chi connectivity index (χ3n) is 1.89. The second-order valence-corrected chi connectivity index (χ2v) is 4.83. The highest BCUT2D eigenvalue weighted by atomic mass is 32.2. The van der Waals surface area contributed by atoms with E-state index in [0.717, 1.165) is 11.8 Å². The average Bonchev–Trinajstić information content (AvgIpc) is 2.25. The van der Waals surface area contributed by atoms with Gasteiger partial charge in [0.25, 0.3) is 0 Å². The molecule has 0 bridgehead atoms. The van der Waals surface area contributed by atoms with Gasteiger partial charge in [0, 0.05) is 0 Å². The van der Waals surface area contributed by atoms with Crippen LogP contribution in [0, 0.1) is 6.92 Å². The van der Waals surface area contributed by atoms with Crippen LogP contribution < -0.4 is 0 Å². The van der Waals surface area contributed by atoms with Crippen molar-refractivity contribution in [3.8, 4) is 0 Å². The van der Waals surface area contributed by atoms with Gasteiger partial charge in [0.2, 0.25) is 0 Å². The van der Waals surface area contributed by atoms with Crippen LogP contribution in [0.2, 0.25) is 0 Å². The van der Waals surface area contributed by atoms with Crippen molar-refractivity contribution in [2.75, 3.05) is 0 Å². The second-order valence-electron chi connectivity index (χ2n) is 3.26. The van der Waals surface area contributed by atoms with Gasteiger partial charge in [0.1, 0.15) is 11.2 Å². The Morgan fingerprint density at radius 1 is 1.31 bits per heavy atom. The molecule has 0 unspecified atom stereocenters. The fraction of sp³-hybridized carbons (Fsp3) is 0.167. The number of aryl methyl sites for hydroxylation is 1. The van der Waals surface area contributed by atoms with Crippen LogP contribution in [0.25, 0.3) is 0 Å². The highest BCUT2D eigenvalue weighted by Crippen LogP contribution is 2.13. The van der Waals surface area contributed by atoms with Crippen molar-refractivity contribution < 1.29 is 12.6 Å². The lowest BCUT2D eigenvalue weighted by atomic mass is 10.2. The zero-order chi connectivity index (χ0) is 12.0. The first-order valence-corrected chi connectivity index (χ1v) is 6.23. The Morgan fingerprint density at radius 3 is 2.50 bits per heavy atom. The Balaban J connectivity index is 2.78. The lowest BCUT2D eigenvalue weighted by Crippen LogP contribution is -2.01. The smallest absolute Gasteiger partial charge is 0.338 e. The molecule has 0 aliphatic carbocycles. The molecule has 0 heterocycles. The van der Waals surface area contributed by atoms with Crippen molar-refractivity contribution in [1.29, 1.82) is 0 Å². The Hall–Kier alpha value is -1.55. The Morgan fingerprint density at radius 2 is 1.94 bits per heavy atom. The molecule has 0 aromatic heterocycles. The Labute approximate surface area is 96.2 Å². The molecule has 0 radical (unpaired) electrons. The fourth-order valence-corrected chi connectivity index (χ4v) is 1.83. The third-order valence-corrected chi connectivity index (χ3v) is 3.10. The monoisotopic (exact) mass is 238 g/mol. The Bertz CT molecular complexity index is 469. The molecule has 3 nitrogen and oxygen atoms in total. The van der Waals surface area contributed by atoms with Gasteiger partial charge in [0.15, 0.2) is 0 Å². The van der Waals surface area contributed by atoms with Gasteiger partial charge >= 0.3 is 10.1 Å². The molecule has 0 saturated carbocycles. The summed E-state index contributed by atoms with van der Waals surface area (Å²) in [6.07, 6.45) is 4.97. The molecule has 16 heavy (non-hydrogen) atoms. The maximum Gasteiger partial charge on any atom is 0.338 e. The fourth-order valence-electron chi connectivity index (χ4n) is 1.02. The SMILES string of the molecule is C=CCC=COS(=O)(=O)c1ccc(C)cc1. The summed E-state index contributed by atoms with van der Waals surface area (Å²) in [6.45, 7) is 5.40. The maximum atomic E-state index is 11.6. The minimum atomic E-state index is -3.68. The highest BCUT2D eigenvalue weighted by molar-refractivity contribution is 7.86. The van der Waals surface area contributed by atoms with Crippen LogP contribution in [0.5, 0.6) is 0 Å². The van der Waals surface area contributed by atoms with Crippen molar-refractivity contribution in [1.82, 2.24) is 0 Å². The van der Waals surface area contributed by atoms with Crippen molar-refractivity contribution in [2.24, 2.45) is 0 Å². The molecule has 1 aromatic rings. The summed E-state index contributed by atoms with van der Waals surface area (Å²) in [5.41, 5.74) is 1.00. The highest BCUT2D eigenvalue weighted by Gasteiger charge is 2.12. The molecule has 1 rings (SSSR count). The molecule has 0 aliphatic heterocycles. The predicted molar refractivity (Wildman–Crippen MR) is 63.4 cm³/mol. The van der Waals surface area contributed by atoms with Crippen molar-refractivity contribution in [2.45, 2.75) is 18.2 Å². The first kappa shape index (κ1) is 12.5. The van der Waals surface area contributed by atoms with Gasteiger partial charge in [-0.1, -0.05) is 23.8 Å². The van der Waals surface area contributed by atoms with Gasteiger partial charge in [-0.15, -0.1) is 6.58 Å². The van der Waals surface area contributed by atoms with Gasteiger partial charge in [-0.25, -0.2) is 0 Å². The summed E-state index contributed by atoms with van der Waals surface area (Å²) in [7, 11) is -3.68. The zero-order valence-electron chi connectivity index (χ0n) is 9.09. The first-order valence-electron chi connectivity index (χ1n) is 4.82. The molecule has 0 aliphatic rings. The molecule has 0 saturated heterocycles. The summed E-state index contributed by atoms with van der Waals surface area (Å²) in [5, 5.41) is 0. The second kappa shape index (κ2) is 5.51. The van der Waals surface area contributed by atoms with Gasteiger partial charge in [0.05, 0.1) is 0 Å². The van der Waals surface area contributed by atoms with Crippen LogP contribution in [-0.2, 0) is 14.3 Å². The summed E-state index contributed by atoms with van der Waals surface area (Å²) in [4.78, 5) is 0.154. The van der Waals surface area contributed by atoms with Crippen LogP contribution in [0.3, 0.4) is 0 Å². The van der Waals surface area contributed by atoms with Crippen LogP contribution in [-0.4, -0.2) is 8.42 Å². The van der Waals surface area contributed by atoms with E-state index in [2.05, 4.69) is 6.58 Å². The minimum absolute atomic E-state index is 0.154. The standard InChI is InChI=1S/C12H14O3S/c1-3-4-5-10-15-16(13,14)12-8-6-11(2)7-9-12/h3,5-10H,1,4H2,2H3. The van der Waals surface area contributed by atoms with Crippen LogP contribution >= 0.6 is 0 Å². The number of benzene rings is 1. The number of hydrogen-bond donors (Lipinski definition) is 0. The minimum Gasteiger partial charge on any atom is -0.387 e. The van der Waals surface area contributed by atoms with E-state index in [1.165, 1.54) is 12.1 Å². The summed E-state index contributed by atoms with van der Waals surface area (Å²) in [6, 6.07) is 6.49. The first-order chi connectivity index (χ1) is 7.56. The van der Waals surface area contributed by atoms with E-state index < -0.39 is 10.1 Å². The molecule has 4 heteroatoms. The zero-order valence-corrected chi connectivity index (χ0v) is 9.91. The molecular weight excluding hydrogens is 224 g/mol. The van der Waals surface area contributed by atoms with E-state index >= 15 is 0 Å². The van der Waals surface area contributed by atoms with Gasteiger partial charge < -0.3 is 4.18 Å². The van der Waals surface area contributed by atoms with Crippen LogP contribution in [0.15, 0.2) is 54.2 Å². The lowest BCUT2D eigenvalue weighted by molar-refractivity contribution is 0.442. The van der Waals surface area contributed by atoms with E-state index in [0.29, 0.717) is 6.42 Å². The van der Waals surface area contributed by atoms with Gasteiger partial charge in [-0.3, -0.25) is 0 Å². The largest absolute Gasteiger partial charge is 0.387 e. The molecule has 86 valence electrons. The van der Waals surface area contributed by atoms with Crippen LogP contribution in [0.1, 0.15) is 12.0 Å². The van der Waals surface area contributed by atoms with E-state index in [1.807, 2.05) is 6.92 Å². The third kappa shape index (κ3) is 3.55. The average molecular weight is 238 g/mol. The van der Waals surface area contributed by atoms with Gasteiger partial charge in [-0.05, 0) is 31.6 Å². The quantitative estimate of drug-likeness (QED) is 0.450. The molecule has 0 N–H and O–H groups in total. The molecule has 1 aromatic carbocycles. The van der Waals surface area contributed by atoms with E-state index in [-0.39, 0.29) is 4.90 Å². The number of allylic oxidation sites excluding steroid dienone is 2. The number of hydrogen-bond acceptors (Lipinski definition) is 3. The topological polar surface area (TPSA) is 43.4 Å². The predicted octanol–water partition coefficient (Wildman–Crippen LogP) is 2.79.